The number of nitrogens with zero attached hydrogens (tertiary/aromatic N) is 2. The van der Waals surface area contributed by atoms with Gasteiger partial charge in [0.05, 0.1) is 4.88 Å². The SMILES string of the molecule is CC(C)C(=O)N1CCC([C@@H](NC(=O)c2cccs2)C(=O)N2CCCCC2)CC1. The summed E-state index contributed by atoms with van der Waals surface area (Å²) < 4.78 is 0. The molecular weight excluding hydrogens is 374 g/mol. The van der Waals surface area contributed by atoms with Gasteiger partial charge in [0.1, 0.15) is 6.04 Å². The molecule has 28 heavy (non-hydrogen) atoms. The molecule has 2 saturated heterocycles. The van der Waals surface area contributed by atoms with E-state index in [-0.39, 0.29) is 29.6 Å². The maximum absolute atomic E-state index is 13.3. The zero-order chi connectivity index (χ0) is 20.1. The summed E-state index contributed by atoms with van der Waals surface area (Å²) in [5.74, 6) is 0.0830. The lowest BCUT2D eigenvalue weighted by atomic mass is 9.87. The van der Waals surface area contributed by atoms with Gasteiger partial charge in [0.25, 0.3) is 5.91 Å². The number of piperidine rings is 2. The topological polar surface area (TPSA) is 69.7 Å². The van der Waals surface area contributed by atoms with Crippen LogP contribution in [0.15, 0.2) is 17.5 Å². The average Bonchev–Trinajstić information content (AvgIpc) is 3.26. The fourth-order valence-corrected chi connectivity index (χ4v) is 4.76. The molecular formula is C21H31N3O3S. The van der Waals surface area contributed by atoms with Crippen molar-refractivity contribution in [2.75, 3.05) is 26.2 Å². The Balaban J connectivity index is 1.70. The minimum atomic E-state index is -0.510. The van der Waals surface area contributed by atoms with Crippen molar-refractivity contribution in [1.82, 2.24) is 15.1 Å². The highest BCUT2D eigenvalue weighted by Crippen LogP contribution is 2.25. The van der Waals surface area contributed by atoms with Crippen molar-refractivity contribution < 1.29 is 14.4 Å². The molecule has 3 amide bonds. The second kappa shape index (κ2) is 9.54. The van der Waals surface area contributed by atoms with E-state index in [1.54, 1.807) is 6.07 Å². The Labute approximate surface area is 171 Å². The maximum atomic E-state index is 13.3. The van der Waals surface area contributed by atoms with Crippen LogP contribution in [-0.4, -0.2) is 59.7 Å². The van der Waals surface area contributed by atoms with E-state index >= 15 is 0 Å². The smallest absolute Gasteiger partial charge is 0.262 e. The first kappa shape index (κ1) is 20.8. The normalized spacial score (nSPS) is 19.5. The van der Waals surface area contributed by atoms with Crippen LogP contribution in [0.25, 0.3) is 0 Å². The van der Waals surface area contributed by atoms with E-state index in [4.69, 9.17) is 0 Å². The van der Waals surface area contributed by atoms with Crippen LogP contribution in [0.3, 0.4) is 0 Å². The highest BCUT2D eigenvalue weighted by Gasteiger charge is 2.36. The van der Waals surface area contributed by atoms with Gasteiger partial charge in [-0.15, -0.1) is 11.3 Å². The maximum Gasteiger partial charge on any atom is 0.262 e. The van der Waals surface area contributed by atoms with Crippen molar-refractivity contribution >= 4 is 29.1 Å². The van der Waals surface area contributed by atoms with Crippen molar-refractivity contribution in [3.63, 3.8) is 0 Å². The number of hydrogen-bond donors (Lipinski definition) is 1. The summed E-state index contributed by atoms with van der Waals surface area (Å²) in [5, 5.41) is 4.90. The van der Waals surface area contributed by atoms with Gasteiger partial charge in [-0.1, -0.05) is 19.9 Å². The standard InChI is InChI=1S/C21H31N3O3S/c1-15(2)20(26)24-12-8-16(9-13-24)18(21(27)23-10-4-3-5-11-23)22-19(25)17-7-6-14-28-17/h6-7,14-16,18H,3-5,8-13H2,1-2H3,(H,22,25)/t18-/m1/s1. The highest BCUT2D eigenvalue weighted by atomic mass is 32.1. The number of carbonyl (C=O) groups is 3. The van der Waals surface area contributed by atoms with Gasteiger partial charge in [0.15, 0.2) is 0 Å². The molecule has 2 aliphatic rings. The largest absolute Gasteiger partial charge is 0.342 e. The molecule has 0 unspecified atom stereocenters. The Morgan fingerprint density at radius 2 is 1.64 bits per heavy atom. The predicted molar refractivity (Wildman–Crippen MR) is 110 cm³/mol. The minimum absolute atomic E-state index is 0.0131. The van der Waals surface area contributed by atoms with E-state index < -0.39 is 6.04 Å². The second-order valence-electron chi connectivity index (χ2n) is 8.13. The lowest BCUT2D eigenvalue weighted by Crippen LogP contribution is -2.55. The summed E-state index contributed by atoms with van der Waals surface area (Å²) in [4.78, 5) is 42.6. The number of hydrogen-bond acceptors (Lipinski definition) is 4. The van der Waals surface area contributed by atoms with Crippen molar-refractivity contribution in [3.05, 3.63) is 22.4 Å². The van der Waals surface area contributed by atoms with Crippen molar-refractivity contribution in [1.29, 1.82) is 0 Å². The van der Waals surface area contributed by atoms with Crippen molar-refractivity contribution in [2.45, 2.75) is 52.0 Å². The van der Waals surface area contributed by atoms with Gasteiger partial charge in [-0.05, 0) is 49.5 Å². The summed E-state index contributed by atoms with van der Waals surface area (Å²) in [6, 6.07) is 3.12. The van der Waals surface area contributed by atoms with E-state index in [1.807, 2.05) is 35.1 Å². The van der Waals surface area contributed by atoms with Crippen LogP contribution in [-0.2, 0) is 9.59 Å². The molecule has 2 fully saturated rings. The molecule has 154 valence electrons. The van der Waals surface area contributed by atoms with E-state index in [0.717, 1.165) is 45.2 Å². The van der Waals surface area contributed by atoms with Gasteiger partial charge in [0, 0.05) is 32.1 Å². The Kier molecular flexibility index (Phi) is 7.10. The lowest BCUT2D eigenvalue weighted by molar-refractivity contribution is -0.138. The number of carbonyl (C=O) groups excluding carboxylic acids is 3. The quantitative estimate of drug-likeness (QED) is 0.819. The molecule has 0 aromatic carbocycles. The van der Waals surface area contributed by atoms with Gasteiger partial charge in [-0.25, -0.2) is 0 Å². The van der Waals surface area contributed by atoms with Crippen LogP contribution < -0.4 is 5.32 Å². The Morgan fingerprint density at radius 1 is 1.00 bits per heavy atom. The predicted octanol–water partition coefficient (Wildman–Crippen LogP) is 2.75. The molecule has 7 heteroatoms. The van der Waals surface area contributed by atoms with Gasteiger partial charge in [-0.3, -0.25) is 14.4 Å². The molecule has 0 bridgehead atoms. The molecule has 6 nitrogen and oxygen atoms in total. The molecule has 1 aromatic rings. The number of amides is 3. The molecule has 3 rings (SSSR count). The monoisotopic (exact) mass is 405 g/mol. The summed E-state index contributed by atoms with van der Waals surface area (Å²) in [5.41, 5.74) is 0. The number of thiophene rings is 1. The van der Waals surface area contributed by atoms with E-state index in [0.29, 0.717) is 18.0 Å². The van der Waals surface area contributed by atoms with Crippen LogP contribution in [0.1, 0.15) is 55.6 Å². The van der Waals surface area contributed by atoms with Crippen LogP contribution in [0.4, 0.5) is 0 Å². The Hall–Kier alpha value is -1.89. The fraction of sp³-hybridized carbons (Fsp3) is 0.667. The van der Waals surface area contributed by atoms with Crippen molar-refractivity contribution in [3.8, 4) is 0 Å². The Morgan fingerprint density at radius 3 is 2.21 bits per heavy atom. The third kappa shape index (κ3) is 4.93. The first-order chi connectivity index (χ1) is 13.5. The molecule has 0 spiro atoms. The summed E-state index contributed by atoms with van der Waals surface area (Å²) in [6.07, 6.45) is 4.70. The molecule has 1 aromatic heterocycles. The van der Waals surface area contributed by atoms with Gasteiger partial charge in [-0.2, -0.15) is 0 Å². The summed E-state index contributed by atoms with van der Waals surface area (Å²) >= 11 is 1.38. The zero-order valence-electron chi connectivity index (χ0n) is 16.9. The molecule has 0 aliphatic carbocycles. The first-order valence-electron chi connectivity index (χ1n) is 10.4. The first-order valence-corrected chi connectivity index (χ1v) is 11.3. The second-order valence-corrected chi connectivity index (χ2v) is 9.08. The molecule has 3 heterocycles. The third-order valence-electron chi connectivity index (χ3n) is 5.78. The average molecular weight is 406 g/mol. The fourth-order valence-electron chi connectivity index (χ4n) is 4.13. The number of likely N-dealkylation sites (tertiary alicyclic amines) is 2. The van der Waals surface area contributed by atoms with E-state index in [9.17, 15) is 14.4 Å². The van der Waals surface area contributed by atoms with E-state index in [2.05, 4.69) is 5.32 Å². The van der Waals surface area contributed by atoms with E-state index in [1.165, 1.54) is 11.3 Å². The van der Waals surface area contributed by atoms with Gasteiger partial charge < -0.3 is 15.1 Å². The molecule has 1 atom stereocenters. The van der Waals surface area contributed by atoms with Crippen LogP contribution in [0.2, 0.25) is 0 Å². The van der Waals surface area contributed by atoms with Crippen LogP contribution in [0.5, 0.6) is 0 Å². The number of nitrogens with one attached hydrogen (secondary N) is 1. The van der Waals surface area contributed by atoms with Crippen LogP contribution in [0, 0.1) is 11.8 Å². The molecule has 0 radical (unpaired) electrons. The van der Waals surface area contributed by atoms with Crippen molar-refractivity contribution in [2.24, 2.45) is 11.8 Å². The minimum Gasteiger partial charge on any atom is -0.342 e. The lowest BCUT2D eigenvalue weighted by Gasteiger charge is -2.39. The third-order valence-corrected chi connectivity index (χ3v) is 6.65. The molecule has 2 aliphatic heterocycles. The zero-order valence-corrected chi connectivity index (χ0v) is 17.7. The summed E-state index contributed by atoms with van der Waals surface area (Å²) in [7, 11) is 0. The Bertz CT molecular complexity index is 675. The van der Waals surface area contributed by atoms with Gasteiger partial charge >= 0.3 is 0 Å². The molecule has 0 saturated carbocycles. The molecule has 1 N–H and O–H groups in total. The van der Waals surface area contributed by atoms with Gasteiger partial charge in [0.2, 0.25) is 11.8 Å². The number of rotatable bonds is 5. The highest BCUT2D eigenvalue weighted by molar-refractivity contribution is 7.12. The van der Waals surface area contributed by atoms with Crippen LogP contribution >= 0.6 is 11.3 Å². The summed E-state index contributed by atoms with van der Waals surface area (Å²) in [6.45, 7) is 6.68.